The number of aliphatic hydroxyl groups excluding tert-OH is 1. The Morgan fingerprint density at radius 3 is 2.71 bits per heavy atom. The molecule has 0 aliphatic rings. The van der Waals surface area contributed by atoms with Crippen LogP contribution in [-0.2, 0) is 6.54 Å². The Kier molecular flexibility index (Phi) is 5.40. The molecule has 2 aromatic heterocycles. The number of hydrogen-bond acceptors (Lipinski definition) is 6. The topological polar surface area (TPSA) is 62.4 Å². The van der Waals surface area contributed by atoms with Crippen LogP contribution < -0.4 is 0 Å². The van der Waals surface area contributed by atoms with Crippen molar-refractivity contribution in [1.29, 1.82) is 0 Å². The maximum atomic E-state index is 10.4. The van der Waals surface area contributed by atoms with Gasteiger partial charge in [0.05, 0.1) is 18.2 Å². The zero-order valence-electron chi connectivity index (χ0n) is 13.8. The van der Waals surface area contributed by atoms with Gasteiger partial charge in [-0.2, -0.15) is 16.3 Å². The van der Waals surface area contributed by atoms with Crippen LogP contribution in [0.15, 0.2) is 45.6 Å². The second-order valence-corrected chi connectivity index (χ2v) is 6.56. The average molecular weight is 343 g/mol. The van der Waals surface area contributed by atoms with Crippen molar-refractivity contribution in [2.45, 2.75) is 26.5 Å². The minimum atomic E-state index is -0.534. The van der Waals surface area contributed by atoms with Gasteiger partial charge in [0, 0.05) is 11.9 Å². The second-order valence-electron chi connectivity index (χ2n) is 5.78. The molecule has 0 saturated carbocycles. The van der Waals surface area contributed by atoms with Crippen LogP contribution in [0.2, 0.25) is 0 Å². The van der Waals surface area contributed by atoms with Crippen LogP contribution in [0.25, 0.3) is 11.5 Å². The fourth-order valence-corrected chi connectivity index (χ4v) is 3.10. The SMILES string of the molecule is CCN(Cc1noc(-c2ccsc2)n1)CC(O)c1ccc(C)cc1. The number of aromatic nitrogens is 2. The molecule has 1 unspecified atom stereocenters. The lowest BCUT2D eigenvalue weighted by molar-refractivity contribution is 0.110. The van der Waals surface area contributed by atoms with Gasteiger partial charge in [0.25, 0.3) is 5.89 Å². The monoisotopic (exact) mass is 343 g/mol. The molecule has 0 radical (unpaired) electrons. The summed E-state index contributed by atoms with van der Waals surface area (Å²) in [5, 5.41) is 18.5. The number of hydrogen-bond donors (Lipinski definition) is 1. The average Bonchev–Trinajstić information content (AvgIpc) is 3.26. The first-order valence-electron chi connectivity index (χ1n) is 7.98. The summed E-state index contributed by atoms with van der Waals surface area (Å²) in [4.78, 5) is 6.54. The highest BCUT2D eigenvalue weighted by atomic mass is 32.1. The molecule has 0 aliphatic carbocycles. The van der Waals surface area contributed by atoms with Crippen molar-refractivity contribution in [3.8, 4) is 11.5 Å². The molecule has 5 nitrogen and oxygen atoms in total. The third kappa shape index (κ3) is 4.08. The molecule has 0 amide bonds. The number of benzene rings is 1. The van der Waals surface area contributed by atoms with E-state index in [1.54, 1.807) is 11.3 Å². The Labute approximate surface area is 145 Å². The first-order valence-corrected chi connectivity index (χ1v) is 8.92. The molecular weight excluding hydrogens is 322 g/mol. The van der Waals surface area contributed by atoms with E-state index in [2.05, 4.69) is 22.0 Å². The van der Waals surface area contributed by atoms with E-state index in [1.807, 2.05) is 48.0 Å². The highest BCUT2D eigenvalue weighted by Gasteiger charge is 2.16. The van der Waals surface area contributed by atoms with Crippen molar-refractivity contribution < 1.29 is 9.63 Å². The third-order valence-corrected chi connectivity index (χ3v) is 4.62. The van der Waals surface area contributed by atoms with Gasteiger partial charge >= 0.3 is 0 Å². The molecule has 3 aromatic rings. The van der Waals surface area contributed by atoms with Crippen LogP contribution >= 0.6 is 11.3 Å². The van der Waals surface area contributed by atoms with E-state index < -0.39 is 6.10 Å². The predicted molar refractivity (Wildman–Crippen MR) is 94.7 cm³/mol. The lowest BCUT2D eigenvalue weighted by Crippen LogP contribution is -2.28. The number of rotatable bonds is 7. The molecule has 0 saturated heterocycles. The summed E-state index contributed by atoms with van der Waals surface area (Å²) in [6.07, 6.45) is -0.534. The van der Waals surface area contributed by atoms with E-state index >= 15 is 0 Å². The van der Waals surface area contributed by atoms with Crippen molar-refractivity contribution in [2.75, 3.05) is 13.1 Å². The van der Waals surface area contributed by atoms with E-state index in [1.165, 1.54) is 5.56 Å². The summed E-state index contributed by atoms with van der Waals surface area (Å²) in [6, 6.07) is 9.93. The Balaban J connectivity index is 1.63. The molecule has 0 fully saturated rings. The van der Waals surface area contributed by atoms with Crippen LogP contribution in [0.4, 0.5) is 0 Å². The van der Waals surface area contributed by atoms with E-state index in [-0.39, 0.29) is 0 Å². The van der Waals surface area contributed by atoms with Crippen LogP contribution in [0, 0.1) is 6.92 Å². The predicted octanol–water partition coefficient (Wildman–Crippen LogP) is 3.66. The molecule has 3 rings (SSSR count). The highest BCUT2D eigenvalue weighted by molar-refractivity contribution is 7.08. The minimum absolute atomic E-state index is 0.530. The first kappa shape index (κ1) is 16.8. The van der Waals surface area contributed by atoms with E-state index in [9.17, 15) is 5.11 Å². The Hall–Kier alpha value is -2.02. The molecule has 0 spiro atoms. The molecule has 6 heteroatoms. The minimum Gasteiger partial charge on any atom is -0.387 e. The fourth-order valence-electron chi connectivity index (χ4n) is 2.47. The van der Waals surface area contributed by atoms with Gasteiger partial charge in [-0.1, -0.05) is 41.9 Å². The number of aryl methyl sites for hydroxylation is 1. The van der Waals surface area contributed by atoms with Gasteiger partial charge in [-0.15, -0.1) is 0 Å². The lowest BCUT2D eigenvalue weighted by atomic mass is 10.1. The van der Waals surface area contributed by atoms with Gasteiger partial charge in [0.15, 0.2) is 5.82 Å². The smallest absolute Gasteiger partial charge is 0.258 e. The van der Waals surface area contributed by atoms with Crippen LogP contribution in [0.3, 0.4) is 0 Å². The van der Waals surface area contributed by atoms with E-state index in [0.29, 0.717) is 24.8 Å². The molecule has 126 valence electrons. The van der Waals surface area contributed by atoms with Crippen LogP contribution in [0.1, 0.15) is 30.0 Å². The maximum Gasteiger partial charge on any atom is 0.258 e. The quantitative estimate of drug-likeness (QED) is 0.709. The maximum absolute atomic E-state index is 10.4. The Morgan fingerprint density at radius 1 is 1.25 bits per heavy atom. The zero-order chi connectivity index (χ0) is 16.9. The van der Waals surface area contributed by atoms with Crippen LogP contribution in [-0.4, -0.2) is 33.2 Å². The van der Waals surface area contributed by atoms with E-state index in [0.717, 1.165) is 17.7 Å². The molecule has 0 bridgehead atoms. The summed E-state index contributed by atoms with van der Waals surface area (Å²) in [7, 11) is 0. The summed E-state index contributed by atoms with van der Waals surface area (Å²) in [6.45, 7) is 5.97. The fraction of sp³-hybridized carbons (Fsp3) is 0.333. The van der Waals surface area contributed by atoms with Gasteiger partial charge < -0.3 is 9.63 Å². The highest BCUT2D eigenvalue weighted by Crippen LogP contribution is 2.21. The summed E-state index contributed by atoms with van der Waals surface area (Å²) in [5.74, 6) is 1.18. The third-order valence-electron chi connectivity index (χ3n) is 3.94. The molecular formula is C18H21N3O2S. The van der Waals surface area contributed by atoms with Crippen molar-refractivity contribution in [2.24, 2.45) is 0 Å². The van der Waals surface area contributed by atoms with Gasteiger partial charge in [0.1, 0.15) is 0 Å². The molecule has 1 atom stereocenters. The number of aliphatic hydroxyl groups is 1. The van der Waals surface area contributed by atoms with Crippen molar-refractivity contribution in [3.63, 3.8) is 0 Å². The largest absolute Gasteiger partial charge is 0.387 e. The van der Waals surface area contributed by atoms with Crippen LogP contribution in [0.5, 0.6) is 0 Å². The normalized spacial score (nSPS) is 12.7. The number of thiophene rings is 1. The second kappa shape index (κ2) is 7.70. The van der Waals surface area contributed by atoms with Gasteiger partial charge in [0.2, 0.25) is 0 Å². The summed E-state index contributed by atoms with van der Waals surface area (Å²) in [5.41, 5.74) is 3.05. The van der Waals surface area contributed by atoms with E-state index in [4.69, 9.17) is 4.52 Å². The van der Waals surface area contributed by atoms with Gasteiger partial charge in [-0.25, -0.2) is 0 Å². The number of likely N-dealkylation sites (N-methyl/N-ethyl adjacent to an activating group) is 1. The molecule has 1 N–H and O–H groups in total. The van der Waals surface area contributed by atoms with Crippen molar-refractivity contribution >= 4 is 11.3 Å². The lowest BCUT2D eigenvalue weighted by Gasteiger charge is -2.22. The Morgan fingerprint density at radius 2 is 2.04 bits per heavy atom. The van der Waals surface area contributed by atoms with Crippen molar-refractivity contribution in [3.05, 3.63) is 58.0 Å². The Bertz CT molecular complexity index is 753. The molecule has 2 heterocycles. The van der Waals surface area contributed by atoms with Crippen molar-refractivity contribution in [1.82, 2.24) is 15.0 Å². The molecule has 1 aromatic carbocycles. The molecule has 0 aliphatic heterocycles. The standard InChI is InChI=1S/C18H21N3O2S/c1-3-21(10-16(22)14-6-4-13(2)5-7-14)11-17-19-18(23-20-17)15-8-9-24-12-15/h4-9,12,16,22H,3,10-11H2,1-2H3. The first-order chi connectivity index (χ1) is 11.7. The molecule has 24 heavy (non-hydrogen) atoms. The van der Waals surface area contributed by atoms with Gasteiger partial charge in [-0.3, -0.25) is 4.90 Å². The number of nitrogens with zero attached hydrogens (tertiary/aromatic N) is 3. The summed E-state index contributed by atoms with van der Waals surface area (Å²) < 4.78 is 5.31. The van der Waals surface area contributed by atoms with Gasteiger partial charge in [-0.05, 0) is 30.5 Å². The summed E-state index contributed by atoms with van der Waals surface area (Å²) >= 11 is 1.60. The zero-order valence-corrected chi connectivity index (χ0v) is 14.7.